The lowest BCUT2D eigenvalue weighted by atomic mass is 10.2. The first-order chi connectivity index (χ1) is 10.0. The van der Waals surface area contributed by atoms with E-state index in [0.29, 0.717) is 11.0 Å². The van der Waals surface area contributed by atoms with Crippen molar-refractivity contribution in [2.45, 2.75) is 24.9 Å². The molecule has 1 aromatic carbocycles. The van der Waals surface area contributed by atoms with Crippen molar-refractivity contribution >= 4 is 37.3 Å². The maximum atomic E-state index is 12.4. The van der Waals surface area contributed by atoms with Gasteiger partial charge in [-0.1, -0.05) is 13.0 Å². The first kappa shape index (κ1) is 16.6. The van der Waals surface area contributed by atoms with Crippen molar-refractivity contribution in [1.82, 2.24) is 15.0 Å². The minimum Gasteiger partial charge on any atom is -0.313 e. The highest BCUT2D eigenvalue weighted by atomic mass is 79.9. The van der Waals surface area contributed by atoms with Gasteiger partial charge in [-0.15, -0.1) is 11.3 Å². The van der Waals surface area contributed by atoms with Gasteiger partial charge < -0.3 is 5.32 Å². The summed E-state index contributed by atoms with van der Waals surface area (Å²) in [5.41, 5.74) is 2.61. The molecular weight excluding hydrogens is 374 g/mol. The Morgan fingerprint density at radius 1 is 1.33 bits per heavy atom. The van der Waals surface area contributed by atoms with Gasteiger partial charge in [0.2, 0.25) is 10.0 Å². The molecule has 5 nitrogen and oxygen atoms in total. The zero-order valence-corrected chi connectivity index (χ0v) is 14.7. The van der Waals surface area contributed by atoms with Gasteiger partial charge in [-0.05, 0) is 40.2 Å². The fraction of sp³-hybridized carbons (Fsp3) is 0.308. The maximum Gasteiger partial charge on any atom is 0.242 e. The lowest BCUT2D eigenvalue weighted by molar-refractivity contribution is 0.581. The van der Waals surface area contributed by atoms with Crippen LogP contribution in [0.4, 0.5) is 0 Å². The highest BCUT2D eigenvalue weighted by molar-refractivity contribution is 9.10. The van der Waals surface area contributed by atoms with Gasteiger partial charge in [0.05, 0.1) is 10.4 Å². The number of aromatic nitrogens is 1. The summed E-state index contributed by atoms with van der Waals surface area (Å²) in [7, 11) is -3.56. The van der Waals surface area contributed by atoms with Gasteiger partial charge in [0.25, 0.3) is 0 Å². The van der Waals surface area contributed by atoms with Crippen molar-refractivity contribution in [3.63, 3.8) is 0 Å². The second-order valence-electron chi connectivity index (χ2n) is 4.34. The third-order valence-corrected chi connectivity index (χ3v) is 5.96. The molecule has 0 atom stereocenters. The number of nitrogens with zero attached hydrogens (tertiary/aromatic N) is 1. The largest absolute Gasteiger partial charge is 0.313 e. The molecule has 2 N–H and O–H groups in total. The van der Waals surface area contributed by atoms with Crippen LogP contribution in [-0.4, -0.2) is 19.9 Å². The van der Waals surface area contributed by atoms with Crippen molar-refractivity contribution in [2.75, 3.05) is 6.54 Å². The Kier molecular flexibility index (Phi) is 5.88. The molecule has 1 aromatic heterocycles. The summed E-state index contributed by atoms with van der Waals surface area (Å²) >= 11 is 4.72. The third-order valence-electron chi connectivity index (χ3n) is 2.78. The number of benzene rings is 1. The van der Waals surface area contributed by atoms with E-state index in [2.05, 4.69) is 31.0 Å². The molecule has 2 aromatic rings. The molecule has 0 bridgehead atoms. The van der Waals surface area contributed by atoms with Crippen LogP contribution in [0.25, 0.3) is 0 Å². The second-order valence-corrected chi connectivity index (χ2v) is 7.90. The van der Waals surface area contributed by atoms with Crippen LogP contribution >= 0.6 is 27.3 Å². The Balaban J connectivity index is 2.17. The van der Waals surface area contributed by atoms with Gasteiger partial charge in [-0.2, -0.15) is 0 Å². The Hall–Kier alpha value is -0.800. The van der Waals surface area contributed by atoms with Gasteiger partial charge >= 0.3 is 0 Å². The molecule has 0 fully saturated rings. The predicted molar refractivity (Wildman–Crippen MR) is 87.7 cm³/mol. The lowest BCUT2D eigenvalue weighted by Gasteiger charge is -2.10. The smallest absolute Gasteiger partial charge is 0.242 e. The molecule has 0 saturated carbocycles. The number of nitrogens with one attached hydrogen (secondary N) is 2. The van der Waals surface area contributed by atoms with Crippen molar-refractivity contribution in [1.29, 1.82) is 0 Å². The molecule has 114 valence electrons. The molecule has 0 aliphatic heterocycles. The van der Waals surface area contributed by atoms with E-state index < -0.39 is 10.0 Å². The van der Waals surface area contributed by atoms with Gasteiger partial charge in [0.1, 0.15) is 0 Å². The number of rotatable bonds is 7. The van der Waals surface area contributed by atoms with E-state index in [-0.39, 0.29) is 11.4 Å². The van der Waals surface area contributed by atoms with E-state index in [1.807, 2.05) is 13.0 Å². The molecule has 0 unspecified atom stereocenters. The topological polar surface area (TPSA) is 71.1 Å². The molecule has 0 amide bonds. The fourth-order valence-electron chi connectivity index (χ4n) is 1.71. The van der Waals surface area contributed by atoms with Crippen molar-refractivity contribution < 1.29 is 8.42 Å². The Morgan fingerprint density at radius 3 is 2.81 bits per heavy atom. The van der Waals surface area contributed by atoms with E-state index in [9.17, 15) is 8.42 Å². The number of hydrogen-bond acceptors (Lipinski definition) is 5. The van der Waals surface area contributed by atoms with Crippen LogP contribution in [0.2, 0.25) is 0 Å². The molecule has 8 heteroatoms. The van der Waals surface area contributed by atoms with Crippen LogP contribution in [0, 0.1) is 0 Å². The van der Waals surface area contributed by atoms with Crippen LogP contribution in [0.1, 0.15) is 17.4 Å². The standard InChI is InChI=1S/C13H16BrN3O2S2/c1-2-15-6-10-3-4-12(14)13(5-10)21(18,19)17-8-11-7-16-9-20-11/h3-5,7,9,15,17H,2,6,8H2,1H3. The molecule has 0 aliphatic carbocycles. The molecule has 0 spiro atoms. The van der Waals surface area contributed by atoms with Crippen LogP contribution in [0.5, 0.6) is 0 Å². The maximum absolute atomic E-state index is 12.4. The summed E-state index contributed by atoms with van der Waals surface area (Å²) in [6.45, 7) is 3.73. The quantitative estimate of drug-likeness (QED) is 0.762. The number of thiazole rings is 1. The Labute approximate surface area is 137 Å². The summed E-state index contributed by atoms with van der Waals surface area (Å²) in [5, 5.41) is 3.18. The minimum atomic E-state index is -3.56. The fourth-order valence-corrected chi connectivity index (χ4v) is 4.35. The molecular formula is C13H16BrN3O2S2. The average Bonchev–Trinajstić information content (AvgIpc) is 2.97. The molecule has 0 saturated heterocycles. The highest BCUT2D eigenvalue weighted by Crippen LogP contribution is 2.23. The summed E-state index contributed by atoms with van der Waals surface area (Å²) in [5.74, 6) is 0. The van der Waals surface area contributed by atoms with Crippen LogP contribution in [0.3, 0.4) is 0 Å². The predicted octanol–water partition coefficient (Wildman–Crippen LogP) is 2.49. The summed E-state index contributed by atoms with van der Waals surface area (Å²) in [6.07, 6.45) is 1.66. The van der Waals surface area contributed by atoms with E-state index in [4.69, 9.17) is 0 Å². The third kappa shape index (κ3) is 4.58. The van der Waals surface area contributed by atoms with E-state index >= 15 is 0 Å². The van der Waals surface area contributed by atoms with E-state index in [1.54, 1.807) is 23.8 Å². The van der Waals surface area contributed by atoms with Crippen LogP contribution in [0.15, 0.2) is 39.3 Å². The lowest BCUT2D eigenvalue weighted by Crippen LogP contribution is -2.23. The molecule has 21 heavy (non-hydrogen) atoms. The summed E-state index contributed by atoms with van der Waals surface area (Å²) < 4.78 is 27.9. The van der Waals surface area contributed by atoms with Crippen molar-refractivity contribution in [3.8, 4) is 0 Å². The highest BCUT2D eigenvalue weighted by Gasteiger charge is 2.18. The molecule has 1 heterocycles. The summed E-state index contributed by atoms with van der Waals surface area (Å²) in [4.78, 5) is 5.05. The van der Waals surface area contributed by atoms with E-state index in [1.165, 1.54) is 11.3 Å². The number of sulfonamides is 1. The normalized spacial score (nSPS) is 11.7. The first-order valence-corrected chi connectivity index (χ1v) is 9.54. The monoisotopic (exact) mass is 389 g/mol. The van der Waals surface area contributed by atoms with Gasteiger partial charge in [-0.25, -0.2) is 13.1 Å². The van der Waals surface area contributed by atoms with Gasteiger partial charge in [-0.3, -0.25) is 4.98 Å². The first-order valence-electron chi connectivity index (χ1n) is 6.39. The zero-order chi connectivity index (χ0) is 15.3. The SMILES string of the molecule is CCNCc1ccc(Br)c(S(=O)(=O)NCc2cncs2)c1. The zero-order valence-electron chi connectivity index (χ0n) is 11.5. The Bertz CT molecular complexity index is 687. The van der Waals surface area contributed by atoms with Gasteiger partial charge in [0.15, 0.2) is 0 Å². The summed E-state index contributed by atoms with van der Waals surface area (Å²) in [6, 6.07) is 5.34. The average molecular weight is 390 g/mol. The second kappa shape index (κ2) is 7.46. The number of hydrogen-bond donors (Lipinski definition) is 2. The van der Waals surface area contributed by atoms with Gasteiger partial charge in [0, 0.05) is 28.6 Å². The molecule has 0 radical (unpaired) electrons. The van der Waals surface area contributed by atoms with Crippen LogP contribution in [-0.2, 0) is 23.1 Å². The Morgan fingerprint density at radius 2 is 2.14 bits per heavy atom. The van der Waals surface area contributed by atoms with Crippen molar-refractivity contribution in [2.24, 2.45) is 0 Å². The number of halogens is 1. The van der Waals surface area contributed by atoms with Crippen LogP contribution < -0.4 is 10.0 Å². The molecule has 2 rings (SSSR count). The molecule has 0 aliphatic rings. The van der Waals surface area contributed by atoms with Crippen molar-refractivity contribution in [3.05, 3.63) is 44.8 Å². The minimum absolute atomic E-state index is 0.247. The van der Waals surface area contributed by atoms with E-state index in [0.717, 1.165) is 17.0 Å².